The topological polar surface area (TPSA) is 56.7 Å². The highest BCUT2D eigenvalue weighted by Crippen LogP contribution is 2.31. The molecule has 1 aromatic heterocycles. The van der Waals surface area contributed by atoms with Crippen molar-refractivity contribution >= 4 is 0 Å². The van der Waals surface area contributed by atoms with E-state index in [9.17, 15) is 0 Å². The number of aryl methyl sites for hydroxylation is 1. The van der Waals surface area contributed by atoms with Crippen LogP contribution in [0.5, 0.6) is 0 Å². The summed E-state index contributed by atoms with van der Waals surface area (Å²) in [5.41, 5.74) is 5.68. The Labute approximate surface area is 97.2 Å². The van der Waals surface area contributed by atoms with Crippen LogP contribution in [0.15, 0.2) is 0 Å². The fourth-order valence-corrected chi connectivity index (χ4v) is 2.49. The maximum absolute atomic E-state index is 5.68. The number of nitrogens with two attached hydrogens (primary N) is 1. The van der Waals surface area contributed by atoms with Gasteiger partial charge in [0.15, 0.2) is 5.82 Å². The van der Waals surface area contributed by atoms with Gasteiger partial charge in [0.1, 0.15) is 5.82 Å². The van der Waals surface area contributed by atoms with E-state index in [4.69, 9.17) is 5.73 Å². The summed E-state index contributed by atoms with van der Waals surface area (Å²) in [5.74, 6) is 2.95. The third-order valence-electron chi connectivity index (χ3n) is 3.58. The second-order valence-corrected chi connectivity index (χ2v) is 4.92. The van der Waals surface area contributed by atoms with Crippen molar-refractivity contribution in [2.75, 3.05) is 6.54 Å². The minimum atomic E-state index is 0.301. The molecule has 0 saturated heterocycles. The molecule has 0 bridgehead atoms. The van der Waals surface area contributed by atoms with Crippen molar-refractivity contribution in [1.82, 2.24) is 14.8 Å². The monoisotopic (exact) mass is 222 g/mol. The molecular formula is C12H22N4. The molecule has 1 saturated carbocycles. The molecule has 1 heterocycles. The predicted molar refractivity (Wildman–Crippen MR) is 64.3 cm³/mol. The largest absolute Gasteiger partial charge is 0.330 e. The average molecular weight is 222 g/mol. The Morgan fingerprint density at radius 2 is 2.06 bits per heavy atom. The number of aromatic nitrogens is 3. The van der Waals surface area contributed by atoms with Crippen molar-refractivity contribution in [3.05, 3.63) is 11.6 Å². The van der Waals surface area contributed by atoms with Crippen LogP contribution < -0.4 is 5.73 Å². The molecule has 1 unspecified atom stereocenters. The fourth-order valence-electron chi connectivity index (χ4n) is 2.49. The van der Waals surface area contributed by atoms with Gasteiger partial charge in [-0.3, -0.25) is 4.68 Å². The lowest BCUT2D eigenvalue weighted by atomic mass is 9.89. The molecule has 1 aromatic rings. The first-order valence-electron chi connectivity index (χ1n) is 6.33. The quantitative estimate of drug-likeness (QED) is 0.850. The molecule has 0 spiro atoms. The van der Waals surface area contributed by atoms with Crippen LogP contribution in [0, 0.1) is 0 Å². The van der Waals surface area contributed by atoms with Gasteiger partial charge in [-0.1, -0.05) is 26.2 Å². The third-order valence-corrected chi connectivity index (χ3v) is 3.58. The average Bonchev–Trinajstić information content (AvgIpc) is 2.71. The van der Waals surface area contributed by atoms with Gasteiger partial charge in [-0.2, -0.15) is 5.10 Å². The minimum absolute atomic E-state index is 0.301. The molecular weight excluding hydrogens is 200 g/mol. The summed E-state index contributed by atoms with van der Waals surface area (Å²) in [6.07, 6.45) is 6.52. The molecule has 1 aliphatic rings. The van der Waals surface area contributed by atoms with E-state index >= 15 is 0 Å². The van der Waals surface area contributed by atoms with Crippen LogP contribution >= 0.6 is 0 Å². The molecule has 1 aliphatic carbocycles. The minimum Gasteiger partial charge on any atom is -0.330 e. The highest BCUT2D eigenvalue weighted by Gasteiger charge is 2.22. The fraction of sp³-hybridized carbons (Fsp3) is 0.833. The highest BCUT2D eigenvalue weighted by molar-refractivity contribution is 5.04. The van der Waals surface area contributed by atoms with Gasteiger partial charge in [-0.05, 0) is 12.8 Å². The molecule has 16 heavy (non-hydrogen) atoms. The summed E-state index contributed by atoms with van der Waals surface area (Å²) >= 11 is 0. The van der Waals surface area contributed by atoms with Gasteiger partial charge in [-0.25, -0.2) is 4.98 Å². The highest BCUT2D eigenvalue weighted by atomic mass is 15.3. The first-order chi connectivity index (χ1) is 7.72. The molecule has 0 aliphatic heterocycles. The molecule has 4 heteroatoms. The van der Waals surface area contributed by atoms with Crippen molar-refractivity contribution in [3.8, 4) is 0 Å². The molecule has 1 atom stereocenters. The standard InChI is InChI=1S/C12H22N4/c1-9(8-13)12-14-11(15-16(12)2)10-6-4-3-5-7-10/h9-10H,3-8,13H2,1-2H3. The SMILES string of the molecule is CC(CN)c1nc(C2CCCCC2)nn1C. The molecule has 90 valence electrons. The van der Waals surface area contributed by atoms with Gasteiger partial charge in [-0.15, -0.1) is 0 Å². The Kier molecular flexibility index (Phi) is 3.59. The van der Waals surface area contributed by atoms with E-state index in [-0.39, 0.29) is 0 Å². The van der Waals surface area contributed by atoms with Crippen LogP contribution in [-0.4, -0.2) is 21.3 Å². The molecule has 0 aromatic carbocycles. The van der Waals surface area contributed by atoms with E-state index in [1.807, 2.05) is 11.7 Å². The molecule has 4 nitrogen and oxygen atoms in total. The van der Waals surface area contributed by atoms with Crippen LogP contribution in [0.1, 0.15) is 62.5 Å². The Morgan fingerprint density at radius 3 is 2.69 bits per heavy atom. The van der Waals surface area contributed by atoms with Gasteiger partial charge >= 0.3 is 0 Å². The maximum atomic E-state index is 5.68. The second kappa shape index (κ2) is 4.95. The summed E-state index contributed by atoms with van der Waals surface area (Å²) in [7, 11) is 1.97. The van der Waals surface area contributed by atoms with Gasteiger partial charge < -0.3 is 5.73 Å². The second-order valence-electron chi connectivity index (χ2n) is 4.92. The van der Waals surface area contributed by atoms with E-state index in [1.165, 1.54) is 32.1 Å². The molecule has 2 N–H and O–H groups in total. The van der Waals surface area contributed by atoms with Crippen molar-refractivity contribution in [1.29, 1.82) is 0 Å². The van der Waals surface area contributed by atoms with Gasteiger partial charge in [0.25, 0.3) is 0 Å². The van der Waals surface area contributed by atoms with Crippen molar-refractivity contribution in [3.63, 3.8) is 0 Å². The van der Waals surface area contributed by atoms with Crippen LogP contribution in [0.25, 0.3) is 0 Å². The number of rotatable bonds is 3. The van der Waals surface area contributed by atoms with E-state index in [0.29, 0.717) is 18.4 Å². The third kappa shape index (κ3) is 2.26. The lowest BCUT2D eigenvalue weighted by molar-refractivity contribution is 0.427. The molecule has 2 rings (SSSR count). The van der Waals surface area contributed by atoms with Gasteiger partial charge in [0.2, 0.25) is 0 Å². The van der Waals surface area contributed by atoms with E-state index in [1.54, 1.807) is 0 Å². The molecule has 1 fully saturated rings. The van der Waals surface area contributed by atoms with E-state index < -0.39 is 0 Å². The number of hydrogen-bond donors (Lipinski definition) is 1. The summed E-state index contributed by atoms with van der Waals surface area (Å²) in [4.78, 5) is 4.68. The van der Waals surface area contributed by atoms with Crippen molar-refractivity contribution in [2.24, 2.45) is 12.8 Å². The first kappa shape index (κ1) is 11.6. The summed E-state index contributed by atoms with van der Waals surface area (Å²) < 4.78 is 1.90. The smallest absolute Gasteiger partial charge is 0.154 e. The predicted octanol–water partition coefficient (Wildman–Crippen LogP) is 1.93. The lowest BCUT2D eigenvalue weighted by Crippen LogP contribution is -2.13. The lowest BCUT2D eigenvalue weighted by Gasteiger charge is -2.18. The van der Waals surface area contributed by atoms with Gasteiger partial charge in [0, 0.05) is 25.4 Å². The summed E-state index contributed by atoms with van der Waals surface area (Å²) in [6.45, 7) is 2.74. The number of hydrogen-bond acceptors (Lipinski definition) is 3. The van der Waals surface area contributed by atoms with Crippen molar-refractivity contribution < 1.29 is 0 Å². The zero-order valence-electron chi connectivity index (χ0n) is 10.3. The summed E-state index contributed by atoms with van der Waals surface area (Å²) in [5, 5.41) is 4.55. The van der Waals surface area contributed by atoms with E-state index in [2.05, 4.69) is 17.0 Å². The van der Waals surface area contributed by atoms with Crippen LogP contribution in [0.4, 0.5) is 0 Å². The summed E-state index contributed by atoms with van der Waals surface area (Å²) in [6, 6.07) is 0. The Bertz CT molecular complexity index is 339. The van der Waals surface area contributed by atoms with E-state index in [0.717, 1.165) is 11.6 Å². The molecule has 0 amide bonds. The zero-order chi connectivity index (χ0) is 11.5. The van der Waals surface area contributed by atoms with Crippen LogP contribution in [0.3, 0.4) is 0 Å². The zero-order valence-corrected chi connectivity index (χ0v) is 10.3. The number of nitrogens with zero attached hydrogens (tertiary/aromatic N) is 3. The van der Waals surface area contributed by atoms with Crippen LogP contribution in [0.2, 0.25) is 0 Å². The van der Waals surface area contributed by atoms with Crippen LogP contribution in [-0.2, 0) is 7.05 Å². The van der Waals surface area contributed by atoms with Crippen molar-refractivity contribution in [2.45, 2.75) is 50.9 Å². The van der Waals surface area contributed by atoms with Gasteiger partial charge in [0.05, 0.1) is 0 Å². The normalized spacial score (nSPS) is 19.9. The Balaban J connectivity index is 2.16. The Hall–Kier alpha value is -0.900. The molecule has 0 radical (unpaired) electrons. The maximum Gasteiger partial charge on any atom is 0.154 e. The first-order valence-corrected chi connectivity index (χ1v) is 6.33. The Morgan fingerprint density at radius 1 is 1.38 bits per heavy atom.